The molecule has 0 atom stereocenters. The highest BCUT2D eigenvalue weighted by Gasteiger charge is 2.12. The summed E-state index contributed by atoms with van der Waals surface area (Å²) < 4.78 is 2.34. The molecule has 2 heteroatoms. The smallest absolute Gasteiger partial charge is 0.114 e. The van der Waals surface area contributed by atoms with Gasteiger partial charge in [0.25, 0.3) is 0 Å². The van der Waals surface area contributed by atoms with Gasteiger partial charge in [-0.25, -0.2) is 4.98 Å². The first-order valence-electron chi connectivity index (χ1n) is 6.75. The summed E-state index contributed by atoms with van der Waals surface area (Å²) in [5.74, 6) is 1.14. The van der Waals surface area contributed by atoms with Crippen LogP contribution in [0.2, 0.25) is 0 Å². The van der Waals surface area contributed by atoms with Gasteiger partial charge >= 0.3 is 0 Å². The maximum Gasteiger partial charge on any atom is 0.114 e. The van der Waals surface area contributed by atoms with Gasteiger partial charge in [-0.2, -0.15) is 0 Å². The number of nitrogens with zero attached hydrogens (tertiary/aromatic N) is 2. The van der Waals surface area contributed by atoms with E-state index in [1.54, 1.807) is 0 Å². The van der Waals surface area contributed by atoms with E-state index in [1.165, 1.54) is 11.1 Å². The van der Waals surface area contributed by atoms with Gasteiger partial charge in [0.05, 0.1) is 11.0 Å². The summed E-state index contributed by atoms with van der Waals surface area (Å²) in [4.78, 5) is 4.79. The predicted octanol–water partition coefficient (Wildman–Crippen LogP) is 4.21. The average Bonchev–Trinajstić information content (AvgIpc) is 2.77. The summed E-state index contributed by atoms with van der Waals surface area (Å²) in [5, 5.41) is 0. The van der Waals surface area contributed by atoms with Crippen molar-refractivity contribution in [3.8, 4) is 0 Å². The van der Waals surface area contributed by atoms with Gasteiger partial charge in [0, 0.05) is 12.5 Å². The molecule has 0 radical (unpaired) electrons. The number of hydrogen-bond donors (Lipinski definition) is 0. The monoisotopic (exact) mass is 250 g/mol. The Bertz CT molecular complexity index is 681. The summed E-state index contributed by atoms with van der Waals surface area (Å²) >= 11 is 0. The Morgan fingerprint density at radius 3 is 2.37 bits per heavy atom. The van der Waals surface area contributed by atoms with Gasteiger partial charge in [-0.3, -0.25) is 0 Å². The minimum absolute atomic E-state index is 0.422. The fourth-order valence-electron chi connectivity index (χ4n) is 2.57. The summed E-state index contributed by atoms with van der Waals surface area (Å²) in [5.41, 5.74) is 3.62. The number of rotatable bonds is 3. The summed E-state index contributed by atoms with van der Waals surface area (Å²) in [7, 11) is 0. The number of fused-ring (bicyclic) bond motifs is 1. The standard InChI is InChI=1S/C17H18N2/c1-13(2)19-16-11-7-6-10-15(16)18-17(19)12-14-8-4-3-5-9-14/h3-11,13H,12H2,1-2H3. The maximum absolute atomic E-state index is 4.79. The van der Waals surface area contributed by atoms with Crippen molar-refractivity contribution in [1.82, 2.24) is 9.55 Å². The zero-order valence-corrected chi connectivity index (χ0v) is 11.4. The lowest BCUT2D eigenvalue weighted by Crippen LogP contribution is -2.06. The van der Waals surface area contributed by atoms with Crippen molar-refractivity contribution in [3.05, 3.63) is 66.0 Å². The Morgan fingerprint density at radius 2 is 1.63 bits per heavy atom. The molecule has 2 aromatic carbocycles. The van der Waals surface area contributed by atoms with Crippen LogP contribution in [-0.4, -0.2) is 9.55 Å². The zero-order chi connectivity index (χ0) is 13.2. The largest absolute Gasteiger partial charge is 0.325 e. The van der Waals surface area contributed by atoms with Crippen molar-refractivity contribution in [3.63, 3.8) is 0 Å². The predicted molar refractivity (Wildman–Crippen MR) is 79.4 cm³/mol. The van der Waals surface area contributed by atoms with Gasteiger partial charge in [0.2, 0.25) is 0 Å². The van der Waals surface area contributed by atoms with Crippen molar-refractivity contribution in [2.75, 3.05) is 0 Å². The Hall–Kier alpha value is -2.09. The minimum atomic E-state index is 0.422. The molecule has 2 nitrogen and oxygen atoms in total. The summed E-state index contributed by atoms with van der Waals surface area (Å²) in [6, 6.07) is 19.3. The van der Waals surface area contributed by atoms with Crippen molar-refractivity contribution in [1.29, 1.82) is 0 Å². The molecular formula is C17H18N2. The second kappa shape index (κ2) is 4.88. The third-order valence-corrected chi connectivity index (χ3v) is 3.39. The molecule has 3 rings (SSSR count). The first-order valence-corrected chi connectivity index (χ1v) is 6.75. The molecule has 0 spiro atoms. The lowest BCUT2D eigenvalue weighted by atomic mass is 10.1. The Kier molecular flexibility index (Phi) is 3.08. The molecule has 1 heterocycles. The Morgan fingerprint density at radius 1 is 0.947 bits per heavy atom. The second-order valence-corrected chi connectivity index (χ2v) is 5.14. The van der Waals surface area contributed by atoms with Crippen LogP contribution in [0.4, 0.5) is 0 Å². The van der Waals surface area contributed by atoms with Crippen LogP contribution in [0.5, 0.6) is 0 Å². The van der Waals surface area contributed by atoms with E-state index in [1.807, 2.05) is 6.07 Å². The van der Waals surface area contributed by atoms with E-state index in [4.69, 9.17) is 4.98 Å². The molecule has 0 aliphatic carbocycles. The molecule has 0 aliphatic rings. The van der Waals surface area contributed by atoms with Crippen LogP contribution in [0.3, 0.4) is 0 Å². The molecule has 0 aliphatic heterocycles. The van der Waals surface area contributed by atoms with Gasteiger partial charge in [0.15, 0.2) is 0 Å². The molecule has 0 saturated carbocycles. The van der Waals surface area contributed by atoms with Crippen molar-refractivity contribution >= 4 is 11.0 Å². The van der Waals surface area contributed by atoms with Crippen LogP contribution in [0.15, 0.2) is 54.6 Å². The molecule has 19 heavy (non-hydrogen) atoms. The molecule has 0 bridgehead atoms. The van der Waals surface area contributed by atoms with Crippen molar-refractivity contribution < 1.29 is 0 Å². The van der Waals surface area contributed by atoms with Crippen LogP contribution in [0.1, 0.15) is 31.3 Å². The average molecular weight is 250 g/mol. The molecule has 0 saturated heterocycles. The second-order valence-electron chi connectivity index (χ2n) is 5.14. The molecule has 0 unspecified atom stereocenters. The summed E-state index contributed by atoms with van der Waals surface area (Å²) in [6.45, 7) is 4.42. The SMILES string of the molecule is CC(C)n1c(Cc2ccccc2)nc2ccccc21. The van der Waals surface area contributed by atoms with Gasteiger partial charge in [-0.05, 0) is 31.5 Å². The highest BCUT2D eigenvalue weighted by Crippen LogP contribution is 2.22. The normalized spacial score (nSPS) is 11.3. The van der Waals surface area contributed by atoms with Crippen LogP contribution in [-0.2, 0) is 6.42 Å². The highest BCUT2D eigenvalue weighted by molar-refractivity contribution is 5.76. The van der Waals surface area contributed by atoms with E-state index in [0.717, 1.165) is 17.8 Å². The number of imidazole rings is 1. The lowest BCUT2D eigenvalue weighted by Gasteiger charge is -2.13. The fraction of sp³-hybridized carbons (Fsp3) is 0.235. The van der Waals surface area contributed by atoms with Crippen molar-refractivity contribution in [2.24, 2.45) is 0 Å². The fourth-order valence-corrected chi connectivity index (χ4v) is 2.57. The van der Waals surface area contributed by atoms with E-state index in [-0.39, 0.29) is 0 Å². The lowest BCUT2D eigenvalue weighted by molar-refractivity contribution is 0.591. The third kappa shape index (κ3) is 2.26. The molecule has 0 N–H and O–H groups in total. The topological polar surface area (TPSA) is 17.8 Å². The van der Waals surface area contributed by atoms with Crippen LogP contribution in [0.25, 0.3) is 11.0 Å². The van der Waals surface area contributed by atoms with Gasteiger partial charge in [-0.15, -0.1) is 0 Å². The Labute approximate surface area is 113 Å². The van der Waals surface area contributed by atoms with E-state index < -0.39 is 0 Å². The molecule has 0 fully saturated rings. The maximum atomic E-state index is 4.79. The van der Waals surface area contributed by atoms with E-state index >= 15 is 0 Å². The Balaban J connectivity index is 2.10. The number of hydrogen-bond acceptors (Lipinski definition) is 1. The first-order chi connectivity index (χ1) is 9.25. The van der Waals surface area contributed by atoms with Gasteiger partial charge in [0.1, 0.15) is 5.82 Å². The molecular weight excluding hydrogens is 232 g/mol. The number of benzene rings is 2. The highest BCUT2D eigenvalue weighted by atomic mass is 15.1. The quantitative estimate of drug-likeness (QED) is 0.681. The molecule has 96 valence electrons. The molecule has 0 amide bonds. The van der Waals surface area contributed by atoms with Crippen LogP contribution in [0, 0.1) is 0 Å². The van der Waals surface area contributed by atoms with Crippen LogP contribution >= 0.6 is 0 Å². The zero-order valence-electron chi connectivity index (χ0n) is 11.4. The van der Waals surface area contributed by atoms with E-state index in [9.17, 15) is 0 Å². The third-order valence-electron chi connectivity index (χ3n) is 3.39. The van der Waals surface area contributed by atoms with Gasteiger partial charge in [-0.1, -0.05) is 42.5 Å². The minimum Gasteiger partial charge on any atom is -0.325 e. The number of para-hydroxylation sites is 2. The number of aromatic nitrogens is 2. The summed E-state index contributed by atoms with van der Waals surface area (Å²) in [6.07, 6.45) is 0.883. The molecule has 3 aromatic rings. The van der Waals surface area contributed by atoms with Crippen molar-refractivity contribution in [2.45, 2.75) is 26.3 Å². The van der Waals surface area contributed by atoms with Gasteiger partial charge < -0.3 is 4.57 Å². The molecule has 1 aromatic heterocycles. The van der Waals surface area contributed by atoms with Crippen LogP contribution < -0.4 is 0 Å². The van der Waals surface area contributed by atoms with E-state index in [0.29, 0.717) is 6.04 Å². The first kappa shape index (κ1) is 12.0. The van der Waals surface area contributed by atoms with E-state index in [2.05, 4.69) is 66.9 Å².